The fourth-order valence-corrected chi connectivity index (χ4v) is 2.78. The summed E-state index contributed by atoms with van der Waals surface area (Å²) < 4.78 is 14.2. The maximum absolute atomic E-state index is 13.5. The molecule has 0 bridgehead atoms. The lowest BCUT2D eigenvalue weighted by molar-refractivity contribution is -0.142. The molecule has 0 saturated heterocycles. The Bertz CT molecular complexity index is 545. The van der Waals surface area contributed by atoms with E-state index in [9.17, 15) is 14.0 Å². The molecule has 7 heteroatoms. The zero-order valence-corrected chi connectivity index (χ0v) is 12.8. The van der Waals surface area contributed by atoms with E-state index in [1.54, 1.807) is 6.07 Å². The van der Waals surface area contributed by atoms with E-state index in [0.717, 1.165) is 0 Å². The number of carbonyl (C=O) groups excluding carboxylic acids is 1. The average Bonchev–Trinajstić information content (AvgIpc) is 2.43. The summed E-state index contributed by atoms with van der Waals surface area (Å²) in [4.78, 5) is 22.7. The van der Waals surface area contributed by atoms with Crippen LogP contribution < -0.4 is 10.6 Å². The fraction of sp³-hybridized carbons (Fsp3) is 0.429. The SMILES string of the molecule is O=C(Nc1cc(Br)ccc1F)NC1CCC(C(=O)O)CC1. The van der Waals surface area contributed by atoms with Crippen molar-refractivity contribution >= 4 is 33.6 Å². The molecule has 1 aromatic rings. The third-order valence-corrected chi connectivity index (χ3v) is 4.08. The van der Waals surface area contributed by atoms with Crippen LogP contribution in [0.3, 0.4) is 0 Å². The largest absolute Gasteiger partial charge is 0.481 e. The van der Waals surface area contributed by atoms with Crippen molar-refractivity contribution in [2.45, 2.75) is 31.7 Å². The Hall–Kier alpha value is -1.63. The number of halogens is 2. The number of urea groups is 1. The van der Waals surface area contributed by atoms with Crippen molar-refractivity contribution in [3.63, 3.8) is 0 Å². The number of rotatable bonds is 3. The number of aliphatic carboxylic acids is 1. The summed E-state index contributed by atoms with van der Waals surface area (Å²) in [5.74, 6) is -1.62. The molecule has 2 amide bonds. The van der Waals surface area contributed by atoms with Gasteiger partial charge < -0.3 is 15.7 Å². The van der Waals surface area contributed by atoms with E-state index in [0.29, 0.717) is 30.2 Å². The summed E-state index contributed by atoms with van der Waals surface area (Å²) in [5, 5.41) is 14.1. The van der Waals surface area contributed by atoms with Gasteiger partial charge in [0.2, 0.25) is 0 Å². The molecular weight excluding hydrogens is 343 g/mol. The van der Waals surface area contributed by atoms with Gasteiger partial charge in [-0.25, -0.2) is 9.18 Å². The monoisotopic (exact) mass is 358 g/mol. The van der Waals surface area contributed by atoms with Gasteiger partial charge in [-0.05, 0) is 43.9 Å². The molecule has 114 valence electrons. The Kier molecular flexibility index (Phi) is 5.17. The third-order valence-electron chi connectivity index (χ3n) is 3.59. The first-order valence-corrected chi connectivity index (χ1v) is 7.50. The van der Waals surface area contributed by atoms with Crippen LogP contribution in [0.5, 0.6) is 0 Å². The van der Waals surface area contributed by atoms with E-state index >= 15 is 0 Å². The summed E-state index contributed by atoms with van der Waals surface area (Å²) in [6, 6.07) is 3.74. The van der Waals surface area contributed by atoms with Gasteiger partial charge in [0.1, 0.15) is 5.82 Å². The summed E-state index contributed by atoms with van der Waals surface area (Å²) >= 11 is 3.21. The Labute approximate surface area is 130 Å². The number of carbonyl (C=O) groups is 2. The highest BCUT2D eigenvalue weighted by Gasteiger charge is 2.26. The zero-order chi connectivity index (χ0) is 15.4. The van der Waals surface area contributed by atoms with Crippen molar-refractivity contribution in [2.24, 2.45) is 5.92 Å². The quantitative estimate of drug-likeness (QED) is 0.775. The Morgan fingerprint density at radius 2 is 1.90 bits per heavy atom. The lowest BCUT2D eigenvalue weighted by Crippen LogP contribution is -2.41. The molecule has 0 heterocycles. The average molecular weight is 359 g/mol. The number of benzene rings is 1. The second kappa shape index (κ2) is 6.89. The predicted octanol–water partition coefficient (Wildman–Crippen LogP) is 3.35. The topological polar surface area (TPSA) is 78.4 Å². The van der Waals surface area contributed by atoms with Gasteiger partial charge in [0.15, 0.2) is 0 Å². The van der Waals surface area contributed by atoms with E-state index < -0.39 is 17.8 Å². The fourth-order valence-electron chi connectivity index (χ4n) is 2.42. The van der Waals surface area contributed by atoms with Crippen LogP contribution in [0, 0.1) is 11.7 Å². The van der Waals surface area contributed by atoms with Crippen LogP contribution >= 0.6 is 15.9 Å². The summed E-state index contributed by atoms with van der Waals surface area (Å²) in [6.07, 6.45) is 2.33. The van der Waals surface area contributed by atoms with Crippen molar-refractivity contribution < 1.29 is 19.1 Å². The van der Waals surface area contributed by atoms with E-state index in [4.69, 9.17) is 5.11 Å². The number of amides is 2. The molecule has 0 aromatic heterocycles. The van der Waals surface area contributed by atoms with Crippen LogP contribution in [0.4, 0.5) is 14.9 Å². The normalized spacial score (nSPS) is 21.6. The summed E-state index contributed by atoms with van der Waals surface area (Å²) in [5.41, 5.74) is 0.0982. The molecule has 0 unspecified atom stereocenters. The van der Waals surface area contributed by atoms with E-state index in [1.807, 2.05) is 0 Å². The number of anilines is 1. The molecule has 0 radical (unpaired) electrons. The van der Waals surface area contributed by atoms with Crippen molar-refractivity contribution in [3.05, 3.63) is 28.5 Å². The maximum atomic E-state index is 13.5. The van der Waals surface area contributed by atoms with Crippen LogP contribution in [-0.2, 0) is 4.79 Å². The summed E-state index contributed by atoms with van der Waals surface area (Å²) in [7, 11) is 0. The minimum atomic E-state index is -0.783. The zero-order valence-electron chi connectivity index (χ0n) is 11.2. The van der Waals surface area contributed by atoms with Gasteiger partial charge in [0.05, 0.1) is 11.6 Å². The molecule has 1 fully saturated rings. The van der Waals surface area contributed by atoms with Gasteiger partial charge in [-0.1, -0.05) is 15.9 Å². The Balaban J connectivity index is 1.85. The van der Waals surface area contributed by atoms with Gasteiger partial charge >= 0.3 is 12.0 Å². The second-order valence-corrected chi connectivity index (χ2v) is 6.03. The lowest BCUT2D eigenvalue weighted by atomic mass is 9.86. The Morgan fingerprint density at radius 1 is 1.24 bits per heavy atom. The van der Waals surface area contributed by atoms with Crippen LogP contribution in [0.1, 0.15) is 25.7 Å². The minimum absolute atomic E-state index is 0.0733. The van der Waals surface area contributed by atoms with Crippen LogP contribution in [0.2, 0.25) is 0 Å². The van der Waals surface area contributed by atoms with Crippen molar-refractivity contribution in [3.8, 4) is 0 Å². The van der Waals surface area contributed by atoms with E-state index in [2.05, 4.69) is 26.6 Å². The van der Waals surface area contributed by atoms with Crippen molar-refractivity contribution in [1.82, 2.24) is 5.32 Å². The smallest absolute Gasteiger partial charge is 0.319 e. The molecular formula is C14H16BrFN2O3. The molecule has 21 heavy (non-hydrogen) atoms. The molecule has 1 saturated carbocycles. The first-order chi connectivity index (χ1) is 9.95. The van der Waals surface area contributed by atoms with Crippen molar-refractivity contribution in [2.75, 3.05) is 5.32 Å². The van der Waals surface area contributed by atoms with Gasteiger partial charge in [0, 0.05) is 10.5 Å². The number of nitrogens with one attached hydrogen (secondary N) is 2. The highest BCUT2D eigenvalue weighted by molar-refractivity contribution is 9.10. The van der Waals surface area contributed by atoms with Crippen LogP contribution in [0.15, 0.2) is 22.7 Å². The van der Waals surface area contributed by atoms with Gasteiger partial charge in [-0.2, -0.15) is 0 Å². The highest BCUT2D eigenvalue weighted by Crippen LogP contribution is 2.25. The molecule has 1 aromatic carbocycles. The second-order valence-electron chi connectivity index (χ2n) is 5.11. The van der Waals surface area contributed by atoms with Gasteiger partial charge in [0.25, 0.3) is 0 Å². The number of carboxylic acid groups (broad SMARTS) is 1. The van der Waals surface area contributed by atoms with Gasteiger partial charge in [-0.15, -0.1) is 0 Å². The summed E-state index contributed by atoms with van der Waals surface area (Å²) in [6.45, 7) is 0. The molecule has 5 nitrogen and oxygen atoms in total. The third kappa shape index (κ3) is 4.42. The molecule has 0 spiro atoms. The van der Waals surface area contributed by atoms with Crippen LogP contribution in [-0.4, -0.2) is 23.1 Å². The lowest BCUT2D eigenvalue weighted by Gasteiger charge is -2.26. The molecule has 3 N–H and O–H groups in total. The molecule has 0 aliphatic heterocycles. The molecule has 1 aliphatic rings. The predicted molar refractivity (Wildman–Crippen MR) is 79.6 cm³/mol. The van der Waals surface area contributed by atoms with Gasteiger partial charge in [-0.3, -0.25) is 4.79 Å². The van der Waals surface area contributed by atoms with E-state index in [1.165, 1.54) is 12.1 Å². The van der Waals surface area contributed by atoms with Crippen LogP contribution in [0.25, 0.3) is 0 Å². The maximum Gasteiger partial charge on any atom is 0.319 e. The molecule has 0 atom stereocenters. The first kappa shape index (κ1) is 15.8. The number of carboxylic acids is 1. The first-order valence-electron chi connectivity index (χ1n) is 6.71. The van der Waals surface area contributed by atoms with Crippen molar-refractivity contribution in [1.29, 1.82) is 0 Å². The molecule has 1 aliphatic carbocycles. The highest BCUT2D eigenvalue weighted by atomic mass is 79.9. The number of hydrogen-bond donors (Lipinski definition) is 3. The Morgan fingerprint density at radius 3 is 2.52 bits per heavy atom. The standard InChI is InChI=1S/C14H16BrFN2O3/c15-9-3-6-11(16)12(7-9)18-14(21)17-10-4-1-8(2-5-10)13(19)20/h3,6-8,10H,1-2,4-5H2,(H,19,20)(H2,17,18,21). The van der Waals surface area contributed by atoms with E-state index in [-0.39, 0.29) is 17.6 Å². The molecule has 2 rings (SSSR count). The minimum Gasteiger partial charge on any atom is -0.481 e. The number of hydrogen-bond acceptors (Lipinski definition) is 2.